The summed E-state index contributed by atoms with van der Waals surface area (Å²) in [6.45, 7) is 0. The van der Waals surface area contributed by atoms with E-state index < -0.39 is 51.0 Å². The van der Waals surface area contributed by atoms with Crippen LogP contribution in [-0.2, 0) is 11.2 Å². The van der Waals surface area contributed by atoms with Gasteiger partial charge in [0, 0.05) is 18.1 Å². The van der Waals surface area contributed by atoms with Gasteiger partial charge in [-0.25, -0.2) is 4.79 Å². The highest BCUT2D eigenvalue weighted by molar-refractivity contribution is 5.73. The van der Waals surface area contributed by atoms with Crippen LogP contribution in [0.2, 0.25) is 0 Å². The average molecular weight is 272 g/mol. The topological polar surface area (TPSA) is 164 Å². The zero-order valence-corrected chi connectivity index (χ0v) is 9.22. The Hall–Kier alpha value is -2.75. The number of nitro benzene ring substituents is 2. The predicted octanol–water partition coefficient (Wildman–Crippen LogP) is 0.197. The number of aliphatic hydroxyl groups excluding tert-OH is 1. The zero-order chi connectivity index (χ0) is 14.7. The molecule has 0 amide bonds. The molecule has 3 N–H and O–H groups in total. The van der Waals surface area contributed by atoms with Crippen LogP contribution in [0.25, 0.3) is 0 Å². The summed E-state index contributed by atoms with van der Waals surface area (Å²) >= 11 is 0. The van der Waals surface area contributed by atoms with Crippen LogP contribution in [0.15, 0.2) is 12.1 Å². The molecule has 0 aliphatic rings. The summed E-state index contributed by atoms with van der Waals surface area (Å²) in [5.41, 5.74) is -2.00. The number of carbonyl (C=O) groups is 1. The van der Waals surface area contributed by atoms with Gasteiger partial charge in [0.15, 0.2) is 11.9 Å². The third-order valence-electron chi connectivity index (χ3n) is 2.26. The number of nitrogens with zero attached hydrogens (tertiary/aromatic N) is 2. The standard InChI is InChI=1S/C9H8N2O8/c12-7(9(14)15)2-4-1-5(10(16)17)3-6(8(4)13)11(18)19/h1,3,7,12-13H,2H2,(H,14,15)/t7-/m1/s1. The van der Waals surface area contributed by atoms with Gasteiger partial charge in [0.2, 0.25) is 0 Å². The third-order valence-corrected chi connectivity index (χ3v) is 2.26. The predicted molar refractivity (Wildman–Crippen MR) is 58.8 cm³/mol. The molecule has 1 atom stereocenters. The van der Waals surface area contributed by atoms with Crippen LogP contribution < -0.4 is 0 Å². The molecule has 0 aliphatic heterocycles. The van der Waals surface area contributed by atoms with Crippen LogP contribution in [-0.4, -0.2) is 37.2 Å². The number of benzene rings is 1. The molecule has 0 aliphatic carbocycles. The van der Waals surface area contributed by atoms with Gasteiger partial charge in [-0.2, -0.15) is 0 Å². The normalized spacial score (nSPS) is 11.8. The Bertz CT molecular complexity index is 555. The highest BCUT2D eigenvalue weighted by Crippen LogP contribution is 2.34. The largest absolute Gasteiger partial charge is 0.502 e. The molecule has 1 rings (SSSR count). The molecular formula is C9H8N2O8. The Kier molecular flexibility index (Phi) is 3.97. The van der Waals surface area contributed by atoms with E-state index in [0.29, 0.717) is 6.07 Å². The molecule has 0 saturated heterocycles. The van der Waals surface area contributed by atoms with E-state index in [4.69, 9.17) is 10.2 Å². The maximum atomic E-state index is 10.6. The van der Waals surface area contributed by atoms with Crippen molar-refractivity contribution in [1.82, 2.24) is 0 Å². The minimum atomic E-state index is -1.94. The molecule has 0 aromatic heterocycles. The number of hydrogen-bond donors (Lipinski definition) is 3. The van der Waals surface area contributed by atoms with Crippen molar-refractivity contribution < 1.29 is 30.0 Å². The molecule has 19 heavy (non-hydrogen) atoms. The van der Waals surface area contributed by atoms with Gasteiger partial charge >= 0.3 is 11.7 Å². The smallest absolute Gasteiger partial charge is 0.332 e. The summed E-state index contributed by atoms with van der Waals surface area (Å²) in [6.07, 6.45) is -2.63. The van der Waals surface area contributed by atoms with Gasteiger partial charge in [-0.1, -0.05) is 0 Å². The quantitative estimate of drug-likeness (QED) is 0.505. The summed E-state index contributed by atoms with van der Waals surface area (Å²) in [6, 6.07) is 1.32. The Labute approximate surface area is 104 Å². The summed E-state index contributed by atoms with van der Waals surface area (Å²) in [5, 5.41) is 48.3. The van der Waals surface area contributed by atoms with Gasteiger partial charge in [-0.05, 0) is 0 Å². The van der Waals surface area contributed by atoms with E-state index in [9.17, 15) is 30.1 Å². The number of rotatable bonds is 5. The minimum Gasteiger partial charge on any atom is -0.502 e. The first-order valence-corrected chi connectivity index (χ1v) is 4.79. The Morgan fingerprint density at radius 3 is 2.26 bits per heavy atom. The van der Waals surface area contributed by atoms with Gasteiger partial charge in [-0.3, -0.25) is 20.2 Å². The molecule has 0 fully saturated rings. The second-order valence-electron chi connectivity index (χ2n) is 3.55. The van der Waals surface area contributed by atoms with Crippen molar-refractivity contribution in [3.8, 4) is 5.75 Å². The van der Waals surface area contributed by atoms with Gasteiger partial charge < -0.3 is 15.3 Å². The third kappa shape index (κ3) is 3.13. The van der Waals surface area contributed by atoms with Crippen LogP contribution >= 0.6 is 0 Å². The van der Waals surface area contributed by atoms with E-state index in [1.165, 1.54) is 0 Å². The fourth-order valence-corrected chi connectivity index (χ4v) is 1.36. The van der Waals surface area contributed by atoms with Crippen molar-refractivity contribution in [2.75, 3.05) is 0 Å². The molecule has 0 radical (unpaired) electrons. The van der Waals surface area contributed by atoms with E-state index in [1.54, 1.807) is 0 Å². The minimum absolute atomic E-state index is 0.393. The summed E-state index contributed by atoms with van der Waals surface area (Å²) < 4.78 is 0. The second kappa shape index (κ2) is 5.27. The van der Waals surface area contributed by atoms with Crippen LogP contribution in [0.3, 0.4) is 0 Å². The number of non-ortho nitro benzene ring substituents is 1. The summed E-state index contributed by atoms with van der Waals surface area (Å²) in [4.78, 5) is 29.7. The molecule has 102 valence electrons. The first-order valence-electron chi connectivity index (χ1n) is 4.79. The fourth-order valence-electron chi connectivity index (χ4n) is 1.36. The Balaban J connectivity index is 3.33. The van der Waals surface area contributed by atoms with Crippen LogP contribution in [0.1, 0.15) is 5.56 Å². The highest BCUT2D eigenvalue weighted by atomic mass is 16.6. The van der Waals surface area contributed by atoms with E-state index >= 15 is 0 Å². The molecular weight excluding hydrogens is 264 g/mol. The number of aliphatic hydroxyl groups is 1. The number of aliphatic carboxylic acids is 1. The molecule has 1 aromatic rings. The van der Waals surface area contributed by atoms with Crippen LogP contribution in [0, 0.1) is 20.2 Å². The van der Waals surface area contributed by atoms with Gasteiger partial charge in [0.1, 0.15) is 0 Å². The number of carboxylic acid groups (broad SMARTS) is 1. The molecule has 0 unspecified atom stereocenters. The number of phenols is 1. The number of aromatic hydroxyl groups is 1. The molecule has 0 bridgehead atoms. The summed E-state index contributed by atoms with van der Waals surface area (Å²) in [5.74, 6) is -2.52. The number of carboxylic acids is 1. The average Bonchev–Trinajstić information content (AvgIpc) is 2.30. The van der Waals surface area contributed by atoms with Crippen molar-refractivity contribution in [3.63, 3.8) is 0 Å². The number of hydrogen-bond acceptors (Lipinski definition) is 7. The van der Waals surface area contributed by atoms with E-state index in [0.717, 1.165) is 6.07 Å². The van der Waals surface area contributed by atoms with Gasteiger partial charge in [-0.15, -0.1) is 0 Å². The lowest BCUT2D eigenvalue weighted by molar-refractivity contribution is -0.394. The van der Waals surface area contributed by atoms with Gasteiger partial charge in [0.25, 0.3) is 5.69 Å². The first-order chi connectivity index (χ1) is 8.73. The Morgan fingerprint density at radius 1 is 1.26 bits per heavy atom. The van der Waals surface area contributed by atoms with E-state index in [2.05, 4.69) is 0 Å². The van der Waals surface area contributed by atoms with E-state index in [-0.39, 0.29) is 0 Å². The number of phenolic OH excluding ortho intramolecular Hbond substituents is 1. The van der Waals surface area contributed by atoms with Crippen molar-refractivity contribution in [2.45, 2.75) is 12.5 Å². The van der Waals surface area contributed by atoms with Crippen molar-refractivity contribution in [2.24, 2.45) is 0 Å². The van der Waals surface area contributed by atoms with Crippen molar-refractivity contribution >= 4 is 17.3 Å². The van der Waals surface area contributed by atoms with Gasteiger partial charge in [0.05, 0.1) is 15.9 Å². The maximum Gasteiger partial charge on any atom is 0.332 e. The molecule has 10 heteroatoms. The lowest BCUT2D eigenvalue weighted by Crippen LogP contribution is -2.22. The van der Waals surface area contributed by atoms with Crippen LogP contribution in [0.5, 0.6) is 5.75 Å². The van der Waals surface area contributed by atoms with E-state index in [1.807, 2.05) is 0 Å². The summed E-state index contributed by atoms with van der Waals surface area (Å²) in [7, 11) is 0. The second-order valence-corrected chi connectivity index (χ2v) is 3.55. The molecule has 0 saturated carbocycles. The number of nitro groups is 2. The molecule has 1 aromatic carbocycles. The zero-order valence-electron chi connectivity index (χ0n) is 9.22. The molecule has 10 nitrogen and oxygen atoms in total. The first kappa shape index (κ1) is 14.3. The fraction of sp³-hybridized carbons (Fsp3) is 0.222. The monoisotopic (exact) mass is 272 g/mol. The lowest BCUT2D eigenvalue weighted by Gasteiger charge is -2.07. The lowest BCUT2D eigenvalue weighted by atomic mass is 10.0. The highest BCUT2D eigenvalue weighted by Gasteiger charge is 2.26. The SMILES string of the molecule is O=C(O)[C@H](O)Cc1cc([N+](=O)[O-])cc([N+](=O)[O-])c1O. The molecule has 0 spiro atoms. The van der Waals surface area contributed by atoms with Crippen molar-refractivity contribution in [1.29, 1.82) is 0 Å². The molecule has 0 heterocycles. The van der Waals surface area contributed by atoms with Crippen molar-refractivity contribution in [3.05, 3.63) is 37.9 Å². The maximum absolute atomic E-state index is 10.6. The Morgan fingerprint density at radius 2 is 1.84 bits per heavy atom. The van der Waals surface area contributed by atoms with Crippen LogP contribution in [0.4, 0.5) is 11.4 Å².